The molecule has 3 aromatic heterocycles. The standard InChI is InChI=1S/C22H15ClN4O2S/c1-12-17-20(30-18(12)14-6-4-3-5-7-14)24-22-26(21(17)29)19(13(2)28)25-27(22)16-10-8-15(23)9-11-16/h3-11H,1-2H3. The summed E-state index contributed by atoms with van der Waals surface area (Å²) in [6, 6.07) is 16.9. The van der Waals surface area contributed by atoms with E-state index in [2.05, 4.69) is 5.10 Å². The van der Waals surface area contributed by atoms with Gasteiger partial charge >= 0.3 is 0 Å². The lowest BCUT2D eigenvalue weighted by Gasteiger charge is -2.02. The van der Waals surface area contributed by atoms with Crippen LogP contribution >= 0.6 is 22.9 Å². The lowest BCUT2D eigenvalue weighted by atomic mass is 10.1. The van der Waals surface area contributed by atoms with Crippen LogP contribution in [0, 0.1) is 6.92 Å². The first kappa shape index (κ1) is 18.7. The van der Waals surface area contributed by atoms with Crippen LogP contribution in [0.15, 0.2) is 59.4 Å². The largest absolute Gasteiger partial charge is 0.291 e. The molecule has 3 heterocycles. The van der Waals surface area contributed by atoms with Gasteiger partial charge in [0.25, 0.3) is 5.56 Å². The van der Waals surface area contributed by atoms with E-state index in [9.17, 15) is 9.59 Å². The normalized spacial score (nSPS) is 11.4. The maximum Gasteiger partial charge on any atom is 0.269 e. The Kier molecular flexibility index (Phi) is 4.30. The van der Waals surface area contributed by atoms with Crippen LogP contribution in [0.1, 0.15) is 23.1 Å². The van der Waals surface area contributed by atoms with Gasteiger partial charge in [0.05, 0.1) is 11.1 Å². The number of halogens is 1. The van der Waals surface area contributed by atoms with E-state index >= 15 is 0 Å². The zero-order valence-electron chi connectivity index (χ0n) is 16.1. The molecule has 0 amide bonds. The number of ketones is 1. The van der Waals surface area contributed by atoms with Crippen molar-refractivity contribution in [1.82, 2.24) is 19.2 Å². The number of hydrogen-bond donors (Lipinski definition) is 0. The summed E-state index contributed by atoms with van der Waals surface area (Å²) in [6.45, 7) is 3.30. The molecular formula is C22H15ClN4O2S. The number of hydrogen-bond acceptors (Lipinski definition) is 5. The highest BCUT2D eigenvalue weighted by atomic mass is 35.5. The lowest BCUT2D eigenvalue weighted by molar-refractivity contribution is 0.100. The topological polar surface area (TPSA) is 69.3 Å². The average Bonchev–Trinajstić information content (AvgIpc) is 3.28. The molecule has 0 aliphatic rings. The maximum absolute atomic E-state index is 13.5. The number of thiophene rings is 1. The third-order valence-corrected chi connectivity index (χ3v) is 6.45. The van der Waals surface area contributed by atoms with E-state index in [1.807, 2.05) is 37.3 Å². The first-order valence-electron chi connectivity index (χ1n) is 9.23. The van der Waals surface area contributed by atoms with Crippen molar-refractivity contribution in [2.75, 3.05) is 0 Å². The molecule has 5 rings (SSSR count). The molecule has 6 nitrogen and oxygen atoms in total. The second-order valence-corrected chi connectivity index (χ2v) is 8.36. The van der Waals surface area contributed by atoms with Crippen LogP contribution in [-0.2, 0) is 0 Å². The predicted octanol–water partition coefficient (Wildman–Crippen LogP) is 4.93. The molecule has 2 aromatic carbocycles. The number of carbonyl (C=O) groups is 1. The highest BCUT2D eigenvalue weighted by Gasteiger charge is 2.23. The van der Waals surface area contributed by atoms with Crippen molar-refractivity contribution < 1.29 is 4.79 Å². The van der Waals surface area contributed by atoms with Crippen molar-refractivity contribution in [2.45, 2.75) is 13.8 Å². The van der Waals surface area contributed by atoms with Gasteiger partial charge < -0.3 is 0 Å². The Hall–Kier alpha value is -3.29. The molecule has 0 saturated heterocycles. The quantitative estimate of drug-likeness (QED) is 0.378. The van der Waals surface area contributed by atoms with Gasteiger partial charge in [0, 0.05) is 16.8 Å². The highest BCUT2D eigenvalue weighted by Crippen LogP contribution is 2.36. The number of fused-ring (bicyclic) bond motifs is 2. The molecule has 0 radical (unpaired) electrons. The monoisotopic (exact) mass is 434 g/mol. The smallest absolute Gasteiger partial charge is 0.269 e. The summed E-state index contributed by atoms with van der Waals surface area (Å²) in [5, 5.41) is 5.48. The summed E-state index contributed by atoms with van der Waals surface area (Å²) in [5.41, 5.74) is 2.24. The summed E-state index contributed by atoms with van der Waals surface area (Å²) < 4.78 is 2.80. The number of nitrogens with zero attached hydrogens (tertiary/aromatic N) is 4. The molecule has 148 valence electrons. The predicted molar refractivity (Wildman–Crippen MR) is 119 cm³/mol. The molecule has 0 N–H and O–H groups in total. The van der Waals surface area contributed by atoms with Crippen molar-refractivity contribution in [3.63, 3.8) is 0 Å². The van der Waals surface area contributed by atoms with Crippen molar-refractivity contribution in [1.29, 1.82) is 0 Å². The molecule has 0 bridgehead atoms. The summed E-state index contributed by atoms with van der Waals surface area (Å²) in [7, 11) is 0. The Morgan fingerprint density at radius 1 is 1.07 bits per heavy atom. The Morgan fingerprint density at radius 3 is 2.43 bits per heavy atom. The number of benzene rings is 2. The van der Waals surface area contributed by atoms with E-state index in [0.717, 1.165) is 16.0 Å². The molecule has 0 aliphatic carbocycles. The first-order valence-corrected chi connectivity index (χ1v) is 10.4. The SMILES string of the molecule is CC(=O)c1nn(-c2ccc(Cl)cc2)c2nc3sc(-c4ccccc4)c(C)c3c(=O)n12. The van der Waals surface area contributed by atoms with Crippen LogP contribution < -0.4 is 5.56 Å². The third kappa shape index (κ3) is 2.78. The first-order chi connectivity index (χ1) is 14.5. The number of aryl methyl sites for hydroxylation is 1. The second kappa shape index (κ2) is 6.90. The average molecular weight is 435 g/mol. The van der Waals surface area contributed by atoms with Gasteiger partial charge in [-0.25, -0.2) is 9.38 Å². The van der Waals surface area contributed by atoms with Gasteiger partial charge in [-0.3, -0.25) is 9.59 Å². The second-order valence-electron chi connectivity index (χ2n) is 6.92. The molecule has 0 atom stereocenters. The molecule has 5 aromatic rings. The van der Waals surface area contributed by atoms with E-state index < -0.39 is 0 Å². The molecule has 0 saturated carbocycles. The Morgan fingerprint density at radius 2 is 1.77 bits per heavy atom. The van der Waals surface area contributed by atoms with Gasteiger partial charge in [0.15, 0.2) is 5.78 Å². The minimum atomic E-state index is -0.313. The lowest BCUT2D eigenvalue weighted by Crippen LogP contribution is -2.18. The summed E-state index contributed by atoms with van der Waals surface area (Å²) in [5.74, 6) is 0.0271. The Balaban J connectivity index is 1.88. The van der Waals surface area contributed by atoms with Crippen molar-refractivity contribution in [3.8, 4) is 16.1 Å². The van der Waals surface area contributed by atoms with Gasteiger partial charge in [0.2, 0.25) is 11.6 Å². The Bertz CT molecular complexity index is 1500. The minimum Gasteiger partial charge on any atom is -0.291 e. The maximum atomic E-state index is 13.5. The van der Waals surface area contributed by atoms with Gasteiger partial charge in [-0.2, -0.15) is 4.68 Å². The summed E-state index contributed by atoms with van der Waals surface area (Å²) in [4.78, 5) is 32.1. The fraction of sp³-hybridized carbons (Fsp3) is 0.0909. The zero-order valence-corrected chi connectivity index (χ0v) is 17.7. The highest BCUT2D eigenvalue weighted by molar-refractivity contribution is 7.22. The van der Waals surface area contributed by atoms with E-state index in [1.165, 1.54) is 27.3 Å². The zero-order chi connectivity index (χ0) is 21.0. The number of carbonyl (C=O) groups excluding carboxylic acids is 1. The Labute approximate surface area is 180 Å². The van der Waals surface area contributed by atoms with E-state index in [-0.39, 0.29) is 17.2 Å². The van der Waals surface area contributed by atoms with Crippen LogP contribution in [0.2, 0.25) is 5.02 Å². The van der Waals surface area contributed by atoms with Crippen LogP contribution in [0.4, 0.5) is 0 Å². The van der Waals surface area contributed by atoms with Gasteiger partial charge in [-0.05, 0) is 42.3 Å². The summed E-state index contributed by atoms with van der Waals surface area (Å²) >= 11 is 7.46. The van der Waals surface area contributed by atoms with Crippen molar-refractivity contribution in [2.24, 2.45) is 0 Å². The minimum absolute atomic E-state index is 0.0474. The van der Waals surface area contributed by atoms with E-state index in [0.29, 0.717) is 26.7 Å². The molecular weight excluding hydrogens is 420 g/mol. The van der Waals surface area contributed by atoms with Crippen LogP contribution in [0.25, 0.3) is 32.1 Å². The number of aromatic nitrogens is 4. The van der Waals surface area contributed by atoms with Crippen molar-refractivity contribution >= 4 is 44.7 Å². The molecule has 30 heavy (non-hydrogen) atoms. The van der Waals surface area contributed by atoms with E-state index in [4.69, 9.17) is 16.6 Å². The van der Waals surface area contributed by atoms with Gasteiger partial charge in [-0.15, -0.1) is 16.4 Å². The van der Waals surface area contributed by atoms with Crippen LogP contribution in [-0.4, -0.2) is 24.9 Å². The van der Waals surface area contributed by atoms with Gasteiger partial charge in [-0.1, -0.05) is 41.9 Å². The van der Waals surface area contributed by atoms with Crippen LogP contribution in [0.5, 0.6) is 0 Å². The molecule has 8 heteroatoms. The fourth-order valence-corrected chi connectivity index (χ4v) is 4.84. The molecule has 0 fully saturated rings. The number of rotatable bonds is 3. The van der Waals surface area contributed by atoms with E-state index in [1.54, 1.807) is 24.3 Å². The fourth-order valence-electron chi connectivity index (χ4n) is 3.54. The van der Waals surface area contributed by atoms with Crippen LogP contribution in [0.3, 0.4) is 0 Å². The molecule has 0 unspecified atom stereocenters. The molecule has 0 spiro atoms. The molecule has 0 aliphatic heterocycles. The third-order valence-electron chi connectivity index (χ3n) is 4.96. The summed E-state index contributed by atoms with van der Waals surface area (Å²) in [6.07, 6.45) is 0. The van der Waals surface area contributed by atoms with Gasteiger partial charge in [0.1, 0.15) is 4.83 Å². The number of Topliss-reactive ketones (excluding diaryl/α,β-unsaturated/α-hetero) is 1. The van der Waals surface area contributed by atoms with Crippen molar-refractivity contribution in [3.05, 3.63) is 81.4 Å².